The summed E-state index contributed by atoms with van der Waals surface area (Å²) in [6.45, 7) is 4.98. The average molecular weight is 1510 g/mol. The van der Waals surface area contributed by atoms with Gasteiger partial charge in [0.25, 0.3) is 0 Å². The Labute approximate surface area is 628 Å². The van der Waals surface area contributed by atoms with Crippen molar-refractivity contribution in [2.75, 3.05) is 109 Å². The van der Waals surface area contributed by atoms with Crippen LogP contribution < -0.4 is 16.0 Å². The number of nitrogens with one attached hydrogen (secondary N) is 3. The predicted octanol–water partition coefficient (Wildman–Crippen LogP) is 5.91. The third-order valence-corrected chi connectivity index (χ3v) is 22.5. The van der Waals surface area contributed by atoms with E-state index in [1.54, 1.807) is 11.8 Å². The topological polar surface area (TPSA) is 290 Å². The maximum Gasteiger partial charge on any atom is 0.417 e. The van der Waals surface area contributed by atoms with Crippen LogP contribution in [0.25, 0.3) is 0 Å². The van der Waals surface area contributed by atoms with Crippen molar-refractivity contribution in [2.24, 2.45) is 23.7 Å². The Morgan fingerprint density at radius 1 is 0.651 bits per heavy atom. The van der Waals surface area contributed by atoms with Gasteiger partial charge in [-0.3, -0.25) is 62.3 Å². The van der Waals surface area contributed by atoms with Crippen molar-refractivity contribution in [3.63, 3.8) is 0 Å². The summed E-state index contributed by atoms with van der Waals surface area (Å²) >= 11 is 6.18. The van der Waals surface area contributed by atoms with Gasteiger partial charge in [-0.05, 0) is 112 Å². The van der Waals surface area contributed by atoms with E-state index in [1.165, 1.54) is 106 Å². The summed E-state index contributed by atoms with van der Waals surface area (Å²) in [7, 11) is 12.8. The molecule has 6 rings (SSSR count). The zero-order valence-corrected chi connectivity index (χ0v) is 65.4. The molecule has 1 spiro atoms. The number of halogens is 4. The number of rotatable bonds is 14. The van der Waals surface area contributed by atoms with Crippen molar-refractivity contribution in [3.05, 3.63) is 46.5 Å². The lowest BCUT2D eigenvalue weighted by Gasteiger charge is -2.43. The quantitative estimate of drug-likeness (QED) is 0.183. The van der Waals surface area contributed by atoms with E-state index in [0.717, 1.165) is 76.7 Å². The molecule has 0 unspecified atom stereocenters. The average Bonchev–Trinajstić information content (AvgIpc) is 1.18. The fraction of sp³-hybridized carbons (Fsp3) is 0.724. The number of benzene rings is 1. The van der Waals surface area contributed by atoms with Crippen molar-refractivity contribution in [1.29, 1.82) is 0 Å². The number of carbonyl (C=O) groups excluding carboxylic acids is 13. The third kappa shape index (κ3) is 23.6. The molecule has 592 valence electrons. The lowest BCUT2D eigenvalue weighted by molar-refractivity contribution is -0.157. The maximum atomic E-state index is 15.9. The van der Waals surface area contributed by atoms with E-state index >= 15 is 28.8 Å². The Morgan fingerprint density at radius 2 is 1.24 bits per heavy atom. The minimum atomic E-state index is -4.80. The Morgan fingerprint density at radius 3 is 1.82 bits per heavy atom. The summed E-state index contributed by atoms with van der Waals surface area (Å²) in [6.07, 6.45) is 8.11. The van der Waals surface area contributed by atoms with E-state index in [9.17, 15) is 46.7 Å². The van der Waals surface area contributed by atoms with E-state index in [0.29, 0.717) is 70.9 Å². The van der Waals surface area contributed by atoms with Crippen LogP contribution in [0.5, 0.6) is 0 Å². The number of piperidine rings is 1. The van der Waals surface area contributed by atoms with Crippen molar-refractivity contribution < 1.29 is 75.5 Å². The monoisotopic (exact) mass is 1510 g/mol. The number of likely N-dealkylation sites (N-methyl/N-ethyl adjacent to an activating group) is 8. The molecule has 26 nitrogen and oxygen atoms in total. The number of alkyl halides is 3. The molecule has 0 radical (unpaired) electrons. The number of hydrogen-bond donors (Lipinski definition) is 3. The van der Waals surface area contributed by atoms with Gasteiger partial charge >= 0.3 is 6.18 Å². The Hall–Kier alpha value is -7.85. The molecule has 5 fully saturated rings. The number of aryl methyl sites for hydroxylation is 1. The highest BCUT2D eigenvalue weighted by Crippen LogP contribution is 2.38. The summed E-state index contributed by atoms with van der Waals surface area (Å²) in [4.78, 5) is 206. The first-order valence-corrected chi connectivity index (χ1v) is 38.3. The first-order valence-electron chi connectivity index (χ1n) is 37.9. The van der Waals surface area contributed by atoms with Gasteiger partial charge in [-0.1, -0.05) is 122 Å². The molecular formula is C76H117ClF3N13O13. The van der Waals surface area contributed by atoms with E-state index in [2.05, 4.69) is 16.0 Å². The van der Waals surface area contributed by atoms with E-state index in [4.69, 9.17) is 11.6 Å². The molecule has 1 aromatic carbocycles. The Balaban J connectivity index is 1.48. The highest BCUT2D eigenvalue weighted by atomic mass is 35.5. The number of carbonyl (C=O) groups is 13. The van der Waals surface area contributed by atoms with Crippen LogP contribution in [0.1, 0.15) is 180 Å². The van der Waals surface area contributed by atoms with E-state index in [1.807, 2.05) is 20.8 Å². The van der Waals surface area contributed by atoms with Gasteiger partial charge in [-0.25, -0.2) is 0 Å². The van der Waals surface area contributed by atoms with Crippen molar-refractivity contribution in [1.82, 2.24) is 64.9 Å². The standard InChI is InChI=1S/C76H117ClF3N13O13/c1-14-50(4)66-72(104)87(9)47-64(98)85(7)48-65(99)89(11)58(43-51-27-18-15-19-28-51)70(102)86(8)45-60(94)81-56(35-33-52-32-34-54(55(77)42-52)76(78,79)80)69(101)93(40-26-31-62(96)84(5)6)46-61(95)83-75(36-22-23-37-75)74(106)91(13)67(53-29-20-16-21-30-53)73(105)90(12)59(71(103)92-38-24-17-25-39-92)44-63(97)88(10)57(41-49(2)3)68(100)82-66/h26,31-32,34,42,49-51,53,56-59,66-67H,14-25,27-30,33,35-41,43-48H2,1-13H3,(H,81,94)(H,82,100)(H,83,95)/t50-,56-,57-,58-,59-,66-,67-/m0/s1. The molecule has 2 heterocycles. The molecule has 7 atom stereocenters. The van der Waals surface area contributed by atoms with Gasteiger partial charge in [0.15, 0.2) is 0 Å². The van der Waals surface area contributed by atoms with Crippen LogP contribution in [0, 0.1) is 23.7 Å². The fourth-order valence-electron chi connectivity index (χ4n) is 15.4. The van der Waals surface area contributed by atoms with Crippen molar-refractivity contribution in [3.8, 4) is 0 Å². The molecule has 2 saturated heterocycles. The molecule has 1 aromatic rings. The summed E-state index contributed by atoms with van der Waals surface area (Å²) in [5.41, 5.74) is -2.55. The fourth-order valence-corrected chi connectivity index (χ4v) is 15.7. The van der Waals surface area contributed by atoms with E-state index in [-0.39, 0.29) is 55.9 Å². The largest absolute Gasteiger partial charge is 0.417 e. The predicted molar refractivity (Wildman–Crippen MR) is 393 cm³/mol. The maximum absolute atomic E-state index is 15.9. The Kier molecular flexibility index (Phi) is 32.7. The normalized spacial score (nSPS) is 24.9. The minimum absolute atomic E-state index is 0.0175. The first-order chi connectivity index (χ1) is 49.9. The summed E-state index contributed by atoms with van der Waals surface area (Å²) in [5, 5.41) is 7.95. The first kappa shape index (κ1) is 87.1. The smallest absolute Gasteiger partial charge is 0.345 e. The molecule has 0 aromatic heterocycles. The molecule has 3 aliphatic carbocycles. The number of hydrogen-bond acceptors (Lipinski definition) is 13. The molecule has 0 bridgehead atoms. The molecule has 13 amide bonds. The van der Waals surface area contributed by atoms with Crippen LogP contribution in [-0.2, 0) is 74.9 Å². The molecule has 3 N–H and O–H groups in total. The SMILES string of the molecule is CC[C@H](C)[C@@H]1NC(=O)[C@H](CC(C)C)N(C)C(=O)C[C@@H](C(=O)N2CCCCC2)N(C)C(=O)[C@H](C2CCCCC2)N(C)C(=O)C2(CCCC2)NC(=O)CN(CC=CC(=O)N(C)C)C(=O)[C@H](CCc2ccc(C(F)(F)F)c(Cl)c2)NC(=O)CN(C)C(=O)[C@H](CC2CCCCC2)N(C)C(=O)CN(C)C(=O)CN(C)C1=O. The van der Waals surface area contributed by atoms with Gasteiger partial charge in [0.05, 0.1) is 43.2 Å². The second kappa shape index (κ2) is 39.8. The van der Waals surface area contributed by atoms with Crippen LogP contribution in [0.2, 0.25) is 5.02 Å². The van der Waals surface area contributed by atoms with Gasteiger partial charge in [-0.2, -0.15) is 13.2 Å². The van der Waals surface area contributed by atoms with Crippen molar-refractivity contribution in [2.45, 2.75) is 223 Å². The van der Waals surface area contributed by atoms with Crippen LogP contribution in [0.15, 0.2) is 30.4 Å². The minimum Gasteiger partial charge on any atom is -0.345 e. The number of likely N-dealkylation sites (tertiary alicyclic amines) is 1. The van der Waals surface area contributed by atoms with E-state index < -0.39 is 186 Å². The van der Waals surface area contributed by atoms with Gasteiger partial charge in [0, 0.05) is 89.1 Å². The van der Waals surface area contributed by atoms with Gasteiger partial charge < -0.3 is 64.9 Å². The van der Waals surface area contributed by atoms with Gasteiger partial charge in [0.1, 0.15) is 41.8 Å². The summed E-state index contributed by atoms with van der Waals surface area (Å²) in [6, 6.07) is -4.82. The summed E-state index contributed by atoms with van der Waals surface area (Å²) < 4.78 is 41.9. The molecule has 2 aliphatic heterocycles. The molecule has 30 heteroatoms. The lowest BCUT2D eigenvalue weighted by atomic mass is 9.81. The highest BCUT2D eigenvalue weighted by molar-refractivity contribution is 6.31. The number of amides is 13. The Bertz CT molecular complexity index is 3310. The molecule has 3 saturated carbocycles. The highest BCUT2D eigenvalue weighted by Gasteiger charge is 2.50. The zero-order valence-electron chi connectivity index (χ0n) is 64.7. The molecular weight excluding hydrogens is 1400 g/mol. The number of nitrogens with zero attached hydrogens (tertiary/aromatic N) is 10. The van der Waals surface area contributed by atoms with Crippen molar-refractivity contribution >= 4 is 88.4 Å². The van der Waals surface area contributed by atoms with Crippen LogP contribution in [0.3, 0.4) is 0 Å². The zero-order chi connectivity index (χ0) is 78.7. The second-order valence-electron chi connectivity index (χ2n) is 30.9. The summed E-state index contributed by atoms with van der Waals surface area (Å²) in [5.74, 6) is -10.1. The van der Waals surface area contributed by atoms with Crippen LogP contribution >= 0.6 is 11.6 Å². The third-order valence-electron chi connectivity index (χ3n) is 22.2. The molecule has 5 aliphatic rings. The van der Waals surface area contributed by atoms with Crippen LogP contribution in [-0.4, -0.2) is 277 Å². The van der Waals surface area contributed by atoms with Gasteiger partial charge in [0.2, 0.25) is 76.8 Å². The van der Waals surface area contributed by atoms with Crippen LogP contribution in [0.4, 0.5) is 13.2 Å². The molecule has 106 heavy (non-hydrogen) atoms. The lowest BCUT2D eigenvalue weighted by Crippen LogP contribution is -2.64. The second-order valence-corrected chi connectivity index (χ2v) is 31.3. The van der Waals surface area contributed by atoms with Gasteiger partial charge in [-0.15, -0.1) is 0 Å².